The van der Waals surface area contributed by atoms with Crippen LogP contribution in [0.4, 0.5) is 11.5 Å². The van der Waals surface area contributed by atoms with Crippen molar-refractivity contribution >= 4 is 29.2 Å². The minimum Gasteiger partial charge on any atom is -0.384 e. The Labute approximate surface area is 141 Å². The lowest BCUT2D eigenvalue weighted by atomic mass is 10.1. The average Bonchev–Trinajstić information content (AvgIpc) is 3.11. The van der Waals surface area contributed by atoms with Crippen molar-refractivity contribution < 1.29 is 14.4 Å². The van der Waals surface area contributed by atoms with Crippen LogP contribution < -0.4 is 21.5 Å². The molecular weight excluding hydrogens is 324 g/mol. The molecule has 1 fully saturated rings. The first-order chi connectivity index (χ1) is 12.0. The lowest BCUT2D eigenvalue weighted by Gasteiger charge is -2.18. The molecule has 3 N–H and O–H groups in total. The fourth-order valence-electron chi connectivity index (χ4n) is 3.27. The molecule has 0 radical (unpaired) electrons. The van der Waals surface area contributed by atoms with Crippen LogP contribution >= 0.6 is 0 Å². The third kappa shape index (κ3) is 2.22. The van der Waals surface area contributed by atoms with E-state index < -0.39 is 17.4 Å². The highest BCUT2D eigenvalue weighted by atomic mass is 16.2. The number of nitrogens with zero attached hydrogens (tertiary/aromatic N) is 2. The zero-order valence-electron chi connectivity index (χ0n) is 13.1. The molecule has 3 amide bonds. The quantitative estimate of drug-likeness (QED) is 0.771. The minimum atomic E-state index is -0.632. The summed E-state index contributed by atoms with van der Waals surface area (Å²) in [7, 11) is 0. The monoisotopic (exact) mass is 338 g/mol. The molecule has 0 unspecified atom stereocenters. The van der Waals surface area contributed by atoms with Crippen LogP contribution in [-0.2, 0) is 4.79 Å². The van der Waals surface area contributed by atoms with Gasteiger partial charge < -0.3 is 10.6 Å². The second kappa shape index (κ2) is 5.30. The third-order valence-corrected chi connectivity index (χ3v) is 4.43. The number of nitrogen functional groups attached to an aromatic ring is 1. The molecule has 8 nitrogen and oxygen atoms in total. The molecule has 0 bridgehead atoms. The van der Waals surface area contributed by atoms with Crippen molar-refractivity contribution in [1.82, 2.24) is 9.88 Å². The van der Waals surface area contributed by atoms with Gasteiger partial charge >= 0.3 is 0 Å². The summed E-state index contributed by atoms with van der Waals surface area (Å²) in [4.78, 5) is 49.7. The Balaban J connectivity index is 1.88. The Kier molecular flexibility index (Phi) is 3.21. The summed E-state index contributed by atoms with van der Waals surface area (Å²) in [6, 6.07) is 7.91. The van der Waals surface area contributed by atoms with E-state index >= 15 is 0 Å². The third-order valence-electron chi connectivity index (χ3n) is 4.43. The van der Waals surface area contributed by atoms with Gasteiger partial charge in [0, 0.05) is 24.7 Å². The van der Waals surface area contributed by atoms with Gasteiger partial charge in [0.05, 0.1) is 16.8 Å². The number of amides is 3. The van der Waals surface area contributed by atoms with Gasteiger partial charge in [-0.1, -0.05) is 6.07 Å². The Hall–Kier alpha value is -3.42. The van der Waals surface area contributed by atoms with E-state index in [0.717, 1.165) is 12.5 Å². The summed E-state index contributed by atoms with van der Waals surface area (Å²) in [5.41, 5.74) is 6.56. The fourth-order valence-corrected chi connectivity index (χ4v) is 3.27. The first-order valence-electron chi connectivity index (χ1n) is 7.79. The summed E-state index contributed by atoms with van der Waals surface area (Å²) in [6.45, 7) is 0.619. The van der Waals surface area contributed by atoms with Crippen molar-refractivity contribution in [1.29, 1.82) is 0 Å². The lowest BCUT2D eigenvalue weighted by Crippen LogP contribution is -2.26. The number of nitrogens with one attached hydrogen (secondary N) is 1. The molecule has 1 aromatic heterocycles. The highest BCUT2D eigenvalue weighted by molar-refractivity contribution is 6.23. The van der Waals surface area contributed by atoms with Crippen molar-refractivity contribution in [3.8, 4) is 5.69 Å². The number of imide groups is 1. The van der Waals surface area contributed by atoms with Crippen LogP contribution in [-0.4, -0.2) is 28.8 Å². The number of anilines is 2. The molecule has 0 aliphatic carbocycles. The number of fused-ring (bicyclic) bond motifs is 1. The summed E-state index contributed by atoms with van der Waals surface area (Å²) >= 11 is 0. The maximum Gasteiger partial charge on any atom is 0.262 e. The van der Waals surface area contributed by atoms with Gasteiger partial charge in [-0.25, -0.2) is 0 Å². The number of pyridine rings is 1. The normalized spacial score (nSPS) is 16.3. The Morgan fingerprint density at radius 1 is 1.00 bits per heavy atom. The smallest absolute Gasteiger partial charge is 0.262 e. The second-order valence-electron chi connectivity index (χ2n) is 5.94. The molecule has 2 aliphatic rings. The van der Waals surface area contributed by atoms with Gasteiger partial charge in [-0.15, -0.1) is 0 Å². The average molecular weight is 338 g/mol. The molecule has 2 aliphatic heterocycles. The van der Waals surface area contributed by atoms with Crippen LogP contribution in [0, 0.1) is 0 Å². The zero-order chi connectivity index (χ0) is 17.7. The highest BCUT2D eigenvalue weighted by Gasteiger charge is 2.32. The van der Waals surface area contributed by atoms with Gasteiger partial charge in [-0.3, -0.25) is 29.1 Å². The molecule has 1 aromatic carbocycles. The first kappa shape index (κ1) is 15.1. The van der Waals surface area contributed by atoms with Crippen molar-refractivity contribution in [3.63, 3.8) is 0 Å². The number of carbonyl (C=O) groups is 3. The van der Waals surface area contributed by atoms with Gasteiger partial charge in [-0.2, -0.15) is 0 Å². The van der Waals surface area contributed by atoms with Crippen LogP contribution in [0.3, 0.4) is 0 Å². The SMILES string of the molecule is Nc1c2c(cc(=O)n1-c1cccc(N3CCCC3=O)c1)C(=O)NC2=O. The maximum atomic E-state index is 12.5. The fraction of sp³-hybridized carbons (Fsp3) is 0.176. The first-order valence-corrected chi connectivity index (χ1v) is 7.79. The van der Waals surface area contributed by atoms with Crippen LogP contribution in [0.1, 0.15) is 33.6 Å². The standard InChI is InChI=1S/C17H14N4O4/c18-15-14-11(16(24)19-17(14)25)8-13(23)21(15)10-4-1-3-9(7-10)20-6-2-5-12(20)22/h1,3-4,7-8H,2,5-6,18H2,(H,19,24,25). The maximum absolute atomic E-state index is 12.5. The molecule has 0 spiro atoms. The molecule has 8 heteroatoms. The van der Waals surface area contributed by atoms with E-state index in [4.69, 9.17) is 5.73 Å². The Morgan fingerprint density at radius 3 is 2.48 bits per heavy atom. The largest absolute Gasteiger partial charge is 0.384 e. The summed E-state index contributed by atoms with van der Waals surface area (Å²) in [5.74, 6) is -1.34. The van der Waals surface area contributed by atoms with E-state index in [1.165, 1.54) is 4.57 Å². The lowest BCUT2D eigenvalue weighted by molar-refractivity contribution is -0.117. The molecule has 2 aromatic rings. The van der Waals surface area contributed by atoms with Gasteiger partial charge in [-0.05, 0) is 24.6 Å². The number of benzene rings is 1. The van der Waals surface area contributed by atoms with E-state index in [1.54, 1.807) is 29.2 Å². The summed E-state index contributed by atoms with van der Waals surface area (Å²) in [6.07, 6.45) is 1.28. The molecule has 126 valence electrons. The Bertz CT molecular complexity index is 1010. The van der Waals surface area contributed by atoms with E-state index in [2.05, 4.69) is 5.32 Å². The van der Waals surface area contributed by atoms with Gasteiger partial charge in [0.25, 0.3) is 17.4 Å². The number of aromatic nitrogens is 1. The van der Waals surface area contributed by atoms with Crippen molar-refractivity contribution in [3.05, 3.63) is 51.8 Å². The predicted molar refractivity (Wildman–Crippen MR) is 89.8 cm³/mol. The van der Waals surface area contributed by atoms with Gasteiger partial charge in [0.15, 0.2) is 0 Å². The highest BCUT2D eigenvalue weighted by Crippen LogP contribution is 2.26. The molecule has 0 saturated carbocycles. The summed E-state index contributed by atoms with van der Waals surface area (Å²) < 4.78 is 1.17. The van der Waals surface area contributed by atoms with E-state index in [9.17, 15) is 19.2 Å². The number of rotatable bonds is 2. The number of carbonyl (C=O) groups excluding carboxylic acids is 3. The van der Waals surface area contributed by atoms with Crippen molar-refractivity contribution in [2.45, 2.75) is 12.8 Å². The second-order valence-corrected chi connectivity index (χ2v) is 5.94. The van der Waals surface area contributed by atoms with Crippen molar-refractivity contribution in [2.24, 2.45) is 0 Å². The molecule has 25 heavy (non-hydrogen) atoms. The van der Waals surface area contributed by atoms with Crippen molar-refractivity contribution in [2.75, 3.05) is 17.2 Å². The number of nitrogens with two attached hydrogens (primary N) is 1. The molecule has 4 rings (SSSR count). The van der Waals surface area contributed by atoms with E-state index in [1.807, 2.05) is 0 Å². The molecule has 1 saturated heterocycles. The molecular formula is C17H14N4O4. The number of hydrogen-bond acceptors (Lipinski definition) is 5. The zero-order valence-corrected chi connectivity index (χ0v) is 13.1. The van der Waals surface area contributed by atoms with Crippen LogP contribution in [0.15, 0.2) is 35.1 Å². The molecule has 0 atom stereocenters. The van der Waals surface area contributed by atoms with E-state index in [0.29, 0.717) is 24.3 Å². The predicted octanol–water partition coefficient (Wildman–Crippen LogP) is 0.430. The minimum absolute atomic E-state index is 0.00717. The van der Waals surface area contributed by atoms with E-state index in [-0.39, 0.29) is 22.9 Å². The summed E-state index contributed by atoms with van der Waals surface area (Å²) in [5, 5.41) is 2.13. The van der Waals surface area contributed by atoms with Crippen LogP contribution in [0.2, 0.25) is 0 Å². The van der Waals surface area contributed by atoms with Gasteiger partial charge in [0.1, 0.15) is 5.82 Å². The van der Waals surface area contributed by atoms with Gasteiger partial charge in [0.2, 0.25) is 5.91 Å². The van der Waals surface area contributed by atoms with Crippen LogP contribution in [0.25, 0.3) is 5.69 Å². The van der Waals surface area contributed by atoms with Crippen LogP contribution in [0.5, 0.6) is 0 Å². The molecule has 3 heterocycles. The Morgan fingerprint density at radius 2 is 1.76 bits per heavy atom. The topological polar surface area (TPSA) is 114 Å². The number of hydrogen-bond donors (Lipinski definition) is 2.